The lowest BCUT2D eigenvalue weighted by Gasteiger charge is -2.13. The fourth-order valence-electron chi connectivity index (χ4n) is 1.89. The maximum absolute atomic E-state index is 13.0. The van der Waals surface area contributed by atoms with Crippen LogP contribution in [-0.4, -0.2) is 25.5 Å². The average molecular weight is 308 g/mol. The van der Waals surface area contributed by atoms with Crippen molar-refractivity contribution >= 4 is 8.80 Å². The van der Waals surface area contributed by atoms with Gasteiger partial charge in [-0.05, 0) is 37.0 Å². The highest BCUT2D eigenvalue weighted by atomic mass is 28.4. The predicted molar refractivity (Wildman–Crippen MR) is 70.5 cm³/mol. The Hall–Kier alpha value is -0.893. The van der Waals surface area contributed by atoms with Gasteiger partial charge < -0.3 is 14.0 Å². The molecule has 0 aromatic heterocycles. The minimum Gasteiger partial charge on any atom is -0.390 e. The molecular formula is C13H19F3O3Si. The molecule has 0 heterocycles. The molecule has 0 saturated heterocycles. The monoisotopic (exact) mass is 308 g/mol. The molecule has 2 N–H and O–H groups in total. The third kappa shape index (κ3) is 5.62. The van der Waals surface area contributed by atoms with Gasteiger partial charge in [-0.25, -0.2) is 13.2 Å². The minimum absolute atomic E-state index is 0.239. The standard InChI is InChI=1S/C13H19F3O3Si/c1-19-20(17,18)7-5-3-2-4-6-10-8-11(14)13(16)12(15)9-10/h8-9,17-18H,2-7H2,1H3. The highest BCUT2D eigenvalue weighted by Crippen LogP contribution is 2.17. The van der Waals surface area contributed by atoms with Gasteiger partial charge in [-0.15, -0.1) is 0 Å². The van der Waals surface area contributed by atoms with E-state index in [1.165, 1.54) is 7.11 Å². The third-order valence-corrected chi connectivity index (χ3v) is 4.75. The molecule has 0 bridgehead atoms. The Labute approximate surface area is 117 Å². The van der Waals surface area contributed by atoms with E-state index < -0.39 is 26.3 Å². The summed E-state index contributed by atoms with van der Waals surface area (Å²) >= 11 is 0. The van der Waals surface area contributed by atoms with Gasteiger partial charge in [-0.2, -0.15) is 0 Å². The fraction of sp³-hybridized carbons (Fsp3) is 0.538. The molecule has 1 aromatic rings. The van der Waals surface area contributed by atoms with Gasteiger partial charge in [0.05, 0.1) is 0 Å². The largest absolute Gasteiger partial charge is 0.495 e. The summed E-state index contributed by atoms with van der Waals surface area (Å²) in [6, 6.07) is 2.24. The van der Waals surface area contributed by atoms with Gasteiger partial charge in [0.15, 0.2) is 17.5 Å². The number of hydrogen-bond acceptors (Lipinski definition) is 3. The Morgan fingerprint density at radius 2 is 1.55 bits per heavy atom. The lowest BCUT2D eigenvalue weighted by molar-refractivity contribution is 0.183. The van der Waals surface area contributed by atoms with Crippen LogP contribution in [0.15, 0.2) is 12.1 Å². The van der Waals surface area contributed by atoms with Crippen LogP contribution in [-0.2, 0) is 10.8 Å². The molecule has 0 radical (unpaired) electrons. The number of rotatable bonds is 8. The third-order valence-electron chi connectivity index (χ3n) is 3.09. The molecule has 0 fully saturated rings. The van der Waals surface area contributed by atoms with E-state index in [1.807, 2.05) is 0 Å². The molecule has 7 heteroatoms. The first-order valence-corrected chi connectivity index (χ1v) is 8.50. The molecule has 0 spiro atoms. The Morgan fingerprint density at radius 1 is 1.00 bits per heavy atom. The second kappa shape index (κ2) is 7.77. The van der Waals surface area contributed by atoms with E-state index in [2.05, 4.69) is 4.43 Å². The van der Waals surface area contributed by atoms with Crippen molar-refractivity contribution in [2.45, 2.75) is 38.1 Å². The van der Waals surface area contributed by atoms with E-state index in [4.69, 9.17) is 0 Å². The van der Waals surface area contributed by atoms with E-state index in [1.54, 1.807) is 0 Å². The smallest absolute Gasteiger partial charge is 0.390 e. The van der Waals surface area contributed by atoms with Crippen LogP contribution in [0.4, 0.5) is 13.2 Å². The summed E-state index contributed by atoms with van der Waals surface area (Å²) < 4.78 is 43.2. The molecule has 0 aliphatic rings. The predicted octanol–water partition coefficient (Wildman–Crippen LogP) is 2.78. The van der Waals surface area contributed by atoms with Crippen LogP contribution in [0.25, 0.3) is 0 Å². The second-order valence-corrected chi connectivity index (χ2v) is 7.13. The molecule has 1 aromatic carbocycles. The number of hydrogen-bond donors (Lipinski definition) is 2. The van der Waals surface area contributed by atoms with Crippen LogP contribution in [0.5, 0.6) is 0 Å². The zero-order chi connectivity index (χ0) is 15.2. The summed E-state index contributed by atoms with van der Waals surface area (Å²) in [5.74, 6) is -3.78. The van der Waals surface area contributed by atoms with Crippen molar-refractivity contribution in [3.8, 4) is 0 Å². The van der Waals surface area contributed by atoms with E-state index in [-0.39, 0.29) is 6.04 Å². The summed E-state index contributed by atoms with van der Waals surface area (Å²) in [4.78, 5) is 18.6. The average Bonchev–Trinajstić information content (AvgIpc) is 2.39. The Bertz CT molecular complexity index is 418. The van der Waals surface area contributed by atoms with Gasteiger partial charge in [-0.3, -0.25) is 0 Å². The number of halogens is 3. The van der Waals surface area contributed by atoms with E-state index >= 15 is 0 Å². The van der Waals surface area contributed by atoms with E-state index in [9.17, 15) is 22.8 Å². The van der Waals surface area contributed by atoms with Crippen molar-refractivity contribution < 1.29 is 27.2 Å². The zero-order valence-corrected chi connectivity index (χ0v) is 12.3. The summed E-state index contributed by atoms with van der Waals surface area (Å²) in [5.41, 5.74) is 0.423. The Kier molecular flexibility index (Phi) is 6.67. The molecule has 3 nitrogen and oxygen atoms in total. The first-order chi connectivity index (χ1) is 9.35. The second-order valence-electron chi connectivity index (χ2n) is 4.73. The Morgan fingerprint density at radius 3 is 2.10 bits per heavy atom. The molecular weight excluding hydrogens is 289 g/mol. The summed E-state index contributed by atoms with van der Waals surface area (Å²) in [6.45, 7) is 0. The SMILES string of the molecule is CO[Si](O)(O)CCCCCCc1cc(F)c(F)c(F)c1. The molecule has 0 atom stereocenters. The number of unbranched alkanes of at least 4 members (excludes halogenated alkanes) is 3. The van der Waals surface area contributed by atoms with Crippen molar-refractivity contribution in [2.24, 2.45) is 0 Å². The van der Waals surface area contributed by atoms with Crippen molar-refractivity contribution in [1.29, 1.82) is 0 Å². The maximum atomic E-state index is 13.0. The molecule has 0 amide bonds. The summed E-state index contributed by atoms with van der Waals surface area (Å²) in [7, 11) is -2.20. The van der Waals surface area contributed by atoms with Crippen molar-refractivity contribution in [2.75, 3.05) is 7.11 Å². The zero-order valence-electron chi connectivity index (χ0n) is 11.3. The Balaban J connectivity index is 2.25. The first-order valence-electron chi connectivity index (χ1n) is 6.49. The van der Waals surface area contributed by atoms with Crippen molar-refractivity contribution in [3.05, 3.63) is 35.1 Å². The lowest BCUT2D eigenvalue weighted by atomic mass is 10.1. The van der Waals surface area contributed by atoms with Crippen LogP contribution >= 0.6 is 0 Å². The van der Waals surface area contributed by atoms with Crippen LogP contribution in [0, 0.1) is 17.5 Å². The van der Waals surface area contributed by atoms with Gasteiger partial charge in [0, 0.05) is 13.2 Å². The van der Waals surface area contributed by atoms with Gasteiger partial charge in [0.1, 0.15) is 0 Å². The normalized spacial score (nSPS) is 11.9. The van der Waals surface area contributed by atoms with Gasteiger partial charge in [0.25, 0.3) is 0 Å². The molecule has 20 heavy (non-hydrogen) atoms. The summed E-state index contributed by atoms with van der Waals surface area (Å²) in [6.07, 6.45) is 3.33. The van der Waals surface area contributed by atoms with Crippen LogP contribution in [0.3, 0.4) is 0 Å². The molecule has 0 unspecified atom stereocenters. The van der Waals surface area contributed by atoms with Crippen LogP contribution in [0.2, 0.25) is 6.04 Å². The fourth-order valence-corrected chi connectivity index (χ4v) is 2.81. The first kappa shape index (κ1) is 17.2. The van der Waals surface area contributed by atoms with E-state index in [0.717, 1.165) is 25.0 Å². The van der Waals surface area contributed by atoms with E-state index in [0.29, 0.717) is 24.8 Å². The molecule has 0 saturated carbocycles. The van der Waals surface area contributed by atoms with Gasteiger partial charge in [0.2, 0.25) is 0 Å². The number of aryl methyl sites for hydroxylation is 1. The highest BCUT2D eigenvalue weighted by Gasteiger charge is 2.29. The lowest BCUT2D eigenvalue weighted by Crippen LogP contribution is -2.37. The summed E-state index contributed by atoms with van der Waals surface area (Å²) in [5, 5.41) is 0. The quantitative estimate of drug-likeness (QED) is 0.441. The molecule has 0 aliphatic heterocycles. The maximum Gasteiger partial charge on any atom is 0.495 e. The van der Waals surface area contributed by atoms with Crippen molar-refractivity contribution in [3.63, 3.8) is 0 Å². The van der Waals surface area contributed by atoms with Crippen LogP contribution in [0.1, 0.15) is 31.2 Å². The topological polar surface area (TPSA) is 49.7 Å². The van der Waals surface area contributed by atoms with Gasteiger partial charge in [-0.1, -0.05) is 12.8 Å². The van der Waals surface area contributed by atoms with Crippen molar-refractivity contribution in [1.82, 2.24) is 0 Å². The number of benzene rings is 1. The van der Waals surface area contributed by atoms with Crippen LogP contribution < -0.4 is 0 Å². The molecule has 0 aliphatic carbocycles. The minimum atomic E-state index is -3.46. The molecule has 114 valence electrons. The highest BCUT2D eigenvalue weighted by molar-refractivity contribution is 6.57. The van der Waals surface area contributed by atoms with Gasteiger partial charge >= 0.3 is 8.80 Å². The molecule has 1 rings (SSSR count).